The van der Waals surface area contributed by atoms with E-state index in [9.17, 15) is 4.79 Å². The van der Waals surface area contributed by atoms with E-state index in [-0.39, 0.29) is 17.8 Å². The molecular weight excluding hydrogens is 128 g/mol. The number of carbonyl (C=O) groups is 1. The summed E-state index contributed by atoms with van der Waals surface area (Å²) in [6.45, 7) is 5.26. The summed E-state index contributed by atoms with van der Waals surface area (Å²) in [7, 11) is 0. The van der Waals surface area contributed by atoms with E-state index < -0.39 is 0 Å². The summed E-state index contributed by atoms with van der Waals surface area (Å²) >= 11 is 0. The molecule has 0 heterocycles. The number of hydrogen-bond acceptors (Lipinski definition) is 2. The van der Waals surface area contributed by atoms with Crippen molar-refractivity contribution in [3.8, 4) is 0 Å². The van der Waals surface area contributed by atoms with Crippen molar-refractivity contribution < 1.29 is 9.90 Å². The lowest BCUT2D eigenvalue weighted by molar-refractivity contribution is -0.121. The molecular formula is C8H16O2. The minimum atomic E-state index is -0.353. The Balaban J connectivity index is 3.72. The van der Waals surface area contributed by atoms with Crippen LogP contribution in [0.3, 0.4) is 0 Å². The smallest absolute Gasteiger partial charge is 0.132 e. The van der Waals surface area contributed by atoms with Crippen molar-refractivity contribution in [2.75, 3.05) is 0 Å². The maximum absolute atomic E-state index is 10.8. The molecule has 0 saturated carbocycles. The highest BCUT2D eigenvalue weighted by Gasteiger charge is 2.13. The van der Waals surface area contributed by atoms with Gasteiger partial charge in [-0.3, -0.25) is 4.79 Å². The van der Waals surface area contributed by atoms with Crippen molar-refractivity contribution >= 4 is 5.78 Å². The molecule has 0 aliphatic carbocycles. The molecule has 10 heavy (non-hydrogen) atoms. The Hall–Kier alpha value is -0.370. The van der Waals surface area contributed by atoms with Gasteiger partial charge in [-0.25, -0.2) is 0 Å². The van der Waals surface area contributed by atoms with Gasteiger partial charge in [0.2, 0.25) is 0 Å². The summed E-state index contributed by atoms with van der Waals surface area (Å²) in [5.41, 5.74) is 0. The maximum atomic E-state index is 10.8. The summed E-state index contributed by atoms with van der Waals surface area (Å²) in [4.78, 5) is 10.8. The summed E-state index contributed by atoms with van der Waals surface area (Å²) in [5, 5.41) is 8.95. The van der Waals surface area contributed by atoms with Crippen molar-refractivity contribution in [1.29, 1.82) is 0 Å². The van der Waals surface area contributed by atoms with Crippen molar-refractivity contribution in [3.05, 3.63) is 0 Å². The molecule has 0 aromatic carbocycles. The van der Waals surface area contributed by atoms with Crippen LogP contribution in [0.25, 0.3) is 0 Å². The first-order chi connectivity index (χ1) is 4.57. The zero-order valence-corrected chi connectivity index (χ0v) is 6.92. The van der Waals surface area contributed by atoms with Crippen molar-refractivity contribution in [1.82, 2.24) is 0 Å². The van der Waals surface area contributed by atoms with Crippen molar-refractivity contribution in [2.45, 2.75) is 39.7 Å². The summed E-state index contributed by atoms with van der Waals surface area (Å²) in [6.07, 6.45) is 1.08. The molecule has 2 heteroatoms. The van der Waals surface area contributed by atoms with Crippen LogP contribution in [0.5, 0.6) is 0 Å². The van der Waals surface area contributed by atoms with Gasteiger partial charge in [0, 0.05) is 5.92 Å². The first-order valence-corrected chi connectivity index (χ1v) is 3.76. The molecule has 0 aliphatic rings. The van der Waals surface area contributed by atoms with Gasteiger partial charge in [0.05, 0.1) is 6.10 Å². The first-order valence-electron chi connectivity index (χ1n) is 3.76. The molecule has 0 rings (SSSR count). The van der Waals surface area contributed by atoms with E-state index in [1.807, 2.05) is 6.92 Å². The van der Waals surface area contributed by atoms with Crippen LogP contribution in [0, 0.1) is 5.92 Å². The van der Waals surface area contributed by atoms with Crippen LogP contribution in [0.15, 0.2) is 0 Å². The SMILES string of the molecule is CCC(CC(C)O)C(C)=O. The highest BCUT2D eigenvalue weighted by Crippen LogP contribution is 2.11. The summed E-state index contributed by atoms with van der Waals surface area (Å²) in [6, 6.07) is 0. The number of rotatable bonds is 4. The van der Waals surface area contributed by atoms with Crippen LogP contribution < -0.4 is 0 Å². The van der Waals surface area contributed by atoms with E-state index in [1.54, 1.807) is 13.8 Å². The molecule has 60 valence electrons. The van der Waals surface area contributed by atoms with Crippen molar-refractivity contribution in [2.24, 2.45) is 5.92 Å². The molecule has 0 aromatic rings. The fourth-order valence-corrected chi connectivity index (χ4v) is 1.03. The largest absolute Gasteiger partial charge is 0.393 e. The predicted octanol–water partition coefficient (Wildman–Crippen LogP) is 1.37. The lowest BCUT2D eigenvalue weighted by atomic mass is 9.96. The number of Topliss-reactive ketones (excluding diaryl/α,β-unsaturated/α-hetero) is 1. The van der Waals surface area contributed by atoms with Gasteiger partial charge >= 0.3 is 0 Å². The van der Waals surface area contributed by atoms with E-state index in [0.29, 0.717) is 6.42 Å². The Kier molecular flexibility index (Phi) is 4.28. The van der Waals surface area contributed by atoms with Gasteiger partial charge in [0.1, 0.15) is 5.78 Å². The van der Waals surface area contributed by atoms with Gasteiger partial charge in [-0.2, -0.15) is 0 Å². The number of carbonyl (C=O) groups excluding carboxylic acids is 1. The average Bonchev–Trinajstić information content (AvgIpc) is 1.81. The third-order valence-corrected chi connectivity index (χ3v) is 1.69. The van der Waals surface area contributed by atoms with E-state index >= 15 is 0 Å². The Morgan fingerprint density at radius 1 is 1.60 bits per heavy atom. The van der Waals surface area contributed by atoms with Crippen LogP contribution in [-0.2, 0) is 4.79 Å². The Bertz CT molecular complexity index is 108. The molecule has 0 saturated heterocycles. The molecule has 0 amide bonds. The minimum Gasteiger partial charge on any atom is -0.393 e. The number of aliphatic hydroxyl groups excluding tert-OH is 1. The second-order valence-electron chi connectivity index (χ2n) is 2.80. The molecule has 0 spiro atoms. The summed E-state index contributed by atoms with van der Waals surface area (Å²) < 4.78 is 0. The molecule has 0 aliphatic heterocycles. The van der Waals surface area contributed by atoms with Gasteiger partial charge in [-0.1, -0.05) is 6.92 Å². The van der Waals surface area contributed by atoms with Crippen LogP contribution in [-0.4, -0.2) is 17.0 Å². The van der Waals surface area contributed by atoms with E-state index in [0.717, 1.165) is 6.42 Å². The number of ketones is 1. The highest BCUT2D eigenvalue weighted by molar-refractivity contribution is 5.78. The van der Waals surface area contributed by atoms with Crippen LogP contribution in [0.2, 0.25) is 0 Å². The highest BCUT2D eigenvalue weighted by atomic mass is 16.3. The van der Waals surface area contributed by atoms with Gasteiger partial charge in [-0.05, 0) is 26.7 Å². The van der Waals surface area contributed by atoms with Gasteiger partial charge < -0.3 is 5.11 Å². The number of aliphatic hydroxyl groups is 1. The second-order valence-corrected chi connectivity index (χ2v) is 2.80. The molecule has 0 fully saturated rings. The maximum Gasteiger partial charge on any atom is 0.132 e. The summed E-state index contributed by atoms with van der Waals surface area (Å²) in [5.74, 6) is 0.239. The molecule has 2 atom stereocenters. The Morgan fingerprint density at radius 2 is 2.10 bits per heavy atom. The molecule has 2 unspecified atom stereocenters. The zero-order valence-electron chi connectivity index (χ0n) is 6.92. The standard InChI is InChI=1S/C8H16O2/c1-4-8(7(3)10)5-6(2)9/h6,8-9H,4-5H2,1-3H3. The third kappa shape index (κ3) is 3.62. The van der Waals surface area contributed by atoms with E-state index in [2.05, 4.69) is 0 Å². The van der Waals surface area contributed by atoms with E-state index in [1.165, 1.54) is 0 Å². The predicted molar refractivity (Wildman–Crippen MR) is 40.8 cm³/mol. The van der Waals surface area contributed by atoms with Crippen LogP contribution >= 0.6 is 0 Å². The van der Waals surface area contributed by atoms with E-state index in [4.69, 9.17) is 5.11 Å². The molecule has 1 N–H and O–H groups in total. The van der Waals surface area contributed by atoms with Gasteiger partial charge in [-0.15, -0.1) is 0 Å². The fraction of sp³-hybridized carbons (Fsp3) is 0.875. The fourth-order valence-electron chi connectivity index (χ4n) is 1.03. The lowest BCUT2D eigenvalue weighted by Gasteiger charge is -2.12. The van der Waals surface area contributed by atoms with Gasteiger partial charge in [0.25, 0.3) is 0 Å². The zero-order chi connectivity index (χ0) is 8.15. The lowest BCUT2D eigenvalue weighted by Crippen LogP contribution is -2.15. The topological polar surface area (TPSA) is 37.3 Å². The number of hydrogen-bond donors (Lipinski definition) is 1. The average molecular weight is 144 g/mol. The van der Waals surface area contributed by atoms with Gasteiger partial charge in [0.15, 0.2) is 0 Å². The first kappa shape index (κ1) is 9.63. The van der Waals surface area contributed by atoms with Crippen LogP contribution in [0.1, 0.15) is 33.6 Å². The molecule has 2 nitrogen and oxygen atoms in total. The molecule has 0 radical (unpaired) electrons. The molecule has 0 aromatic heterocycles. The Morgan fingerprint density at radius 3 is 2.20 bits per heavy atom. The third-order valence-electron chi connectivity index (χ3n) is 1.69. The molecule has 0 bridgehead atoms. The quantitative estimate of drug-likeness (QED) is 0.647. The minimum absolute atomic E-state index is 0.0556. The Labute approximate surface area is 62.2 Å². The second kappa shape index (κ2) is 4.45. The normalized spacial score (nSPS) is 16.4. The van der Waals surface area contributed by atoms with Crippen LogP contribution in [0.4, 0.5) is 0 Å². The van der Waals surface area contributed by atoms with Crippen molar-refractivity contribution in [3.63, 3.8) is 0 Å². The monoisotopic (exact) mass is 144 g/mol.